The van der Waals surface area contributed by atoms with Gasteiger partial charge in [0, 0.05) is 17.3 Å². The smallest absolute Gasteiger partial charge is 0.257 e. The molecule has 6 heteroatoms. The van der Waals surface area contributed by atoms with E-state index in [1.54, 1.807) is 37.4 Å². The number of thiocarbonyl (C=S) groups is 1. The second-order valence-corrected chi connectivity index (χ2v) is 5.01. The monoisotopic (exact) mass is 330 g/mol. The summed E-state index contributed by atoms with van der Waals surface area (Å²) in [6, 6.07) is 14.2. The van der Waals surface area contributed by atoms with Crippen LogP contribution in [0.25, 0.3) is 0 Å². The molecule has 0 aliphatic heterocycles. The van der Waals surface area contributed by atoms with E-state index in [4.69, 9.17) is 21.7 Å². The maximum absolute atomic E-state index is 12.2. The number of carbonyl (C=O) groups excluding carboxylic acids is 1. The number of methoxy groups -OCH3 is 1. The highest BCUT2D eigenvalue weighted by Crippen LogP contribution is 2.17. The lowest BCUT2D eigenvalue weighted by Gasteiger charge is -2.11. The van der Waals surface area contributed by atoms with Crippen molar-refractivity contribution in [3.8, 4) is 11.5 Å². The molecule has 0 fully saturated rings. The molecular formula is C17H18N2O3S. The standard InChI is InChI=1S/C17H18N2O3S/c1-3-22-15-9-4-6-12(10-15)16(20)19-17(23)18-13-7-5-8-14(11-13)21-2/h4-11H,3H2,1-2H3,(H2,18,19,20,23). The Bertz CT molecular complexity index is 704. The third-order valence-corrected chi connectivity index (χ3v) is 3.17. The summed E-state index contributed by atoms with van der Waals surface area (Å²) in [5.74, 6) is 1.05. The Balaban J connectivity index is 1.99. The first-order valence-electron chi connectivity index (χ1n) is 7.11. The van der Waals surface area contributed by atoms with Gasteiger partial charge in [0.2, 0.25) is 0 Å². The Morgan fingerprint density at radius 2 is 1.87 bits per heavy atom. The first kappa shape index (κ1) is 16.8. The third kappa shape index (κ3) is 4.96. The molecule has 0 aromatic heterocycles. The van der Waals surface area contributed by atoms with Crippen LogP contribution in [0.15, 0.2) is 48.5 Å². The predicted octanol–water partition coefficient (Wildman–Crippen LogP) is 3.22. The molecule has 120 valence electrons. The molecule has 0 aliphatic carbocycles. The summed E-state index contributed by atoms with van der Waals surface area (Å²) in [5.41, 5.74) is 1.21. The lowest BCUT2D eigenvalue weighted by molar-refractivity contribution is 0.0977. The Labute approximate surface area is 140 Å². The van der Waals surface area contributed by atoms with Gasteiger partial charge in [-0.05, 0) is 49.5 Å². The van der Waals surface area contributed by atoms with E-state index in [-0.39, 0.29) is 11.0 Å². The predicted molar refractivity (Wildman–Crippen MR) is 94.3 cm³/mol. The number of ether oxygens (including phenoxy) is 2. The van der Waals surface area contributed by atoms with E-state index in [0.717, 1.165) is 5.69 Å². The van der Waals surface area contributed by atoms with Crippen LogP contribution in [0.3, 0.4) is 0 Å². The van der Waals surface area contributed by atoms with E-state index >= 15 is 0 Å². The van der Waals surface area contributed by atoms with Crippen molar-refractivity contribution in [2.24, 2.45) is 0 Å². The van der Waals surface area contributed by atoms with E-state index in [9.17, 15) is 4.79 Å². The highest BCUT2D eigenvalue weighted by atomic mass is 32.1. The highest BCUT2D eigenvalue weighted by molar-refractivity contribution is 7.80. The molecule has 0 unspecified atom stereocenters. The molecule has 23 heavy (non-hydrogen) atoms. The highest BCUT2D eigenvalue weighted by Gasteiger charge is 2.09. The van der Waals surface area contributed by atoms with Crippen LogP contribution in [0.5, 0.6) is 11.5 Å². The van der Waals surface area contributed by atoms with Crippen molar-refractivity contribution in [3.05, 3.63) is 54.1 Å². The summed E-state index contributed by atoms with van der Waals surface area (Å²) >= 11 is 5.16. The number of anilines is 1. The number of benzene rings is 2. The van der Waals surface area contributed by atoms with Gasteiger partial charge in [0.1, 0.15) is 11.5 Å². The first-order valence-corrected chi connectivity index (χ1v) is 7.52. The summed E-state index contributed by atoms with van der Waals surface area (Å²) in [4.78, 5) is 12.2. The second kappa shape index (κ2) is 8.14. The zero-order valence-electron chi connectivity index (χ0n) is 13.0. The molecular weight excluding hydrogens is 312 g/mol. The number of carbonyl (C=O) groups is 1. The molecule has 2 N–H and O–H groups in total. The van der Waals surface area contributed by atoms with E-state index in [0.29, 0.717) is 23.7 Å². The van der Waals surface area contributed by atoms with Crippen LogP contribution < -0.4 is 20.1 Å². The fourth-order valence-corrected chi connectivity index (χ4v) is 2.14. The number of amides is 1. The van der Waals surface area contributed by atoms with Crippen LogP contribution >= 0.6 is 12.2 Å². The van der Waals surface area contributed by atoms with Crippen LogP contribution in [0, 0.1) is 0 Å². The van der Waals surface area contributed by atoms with Crippen molar-refractivity contribution in [1.82, 2.24) is 5.32 Å². The summed E-state index contributed by atoms with van der Waals surface area (Å²) in [5, 5.41) is 5.79. The zero-order valence-corrected chi connectivity index (χ0v) is 13.8. The van der Waals surface area contributed by atoms with E-state index in [2.05, 4.69) is 10.6 Å². The van der Waals surface area contributed by atoms with Gasteiger partial charge in [-0.25, -0.2) is 0 Å². The van der Waals surface area contributed by atoms with Gasteiger partial charge in [-0.15, -0.1) is 0 Å². The van der Waals surface area contributed by atoms with Gasteiger partial charge in [-0.2, -0.15) is 0 Å². The summed E-state index contributed by atoms with van der Waals surface area (Å²) < 4.78 is 10.5. The maximum Gasteiger partial charge on any atom is 0.257 e. The molecule has 0 saturated heterocycles. The van der Waals surface area contributed by atoms with Crippen LogP contribution in [-0.2, 0) is 0 Å². The van der Waals surface area contributed by atoms with Gasteiger partial charge in [0.05, 0.1) is 13.7 Å². The molecule has 0 spiro atoms. The van der Waals surface area contributed by atoms with Gasteiger partial charge in [-0.3, -0.25) is 10.1 Å². The normalized spacial score (nSPS) is 9.83. The van der Waals surface area contributed by atoms with Crippen LogP contribution in [-0.4, -0.2) is 24.7 Å². The van der Waals surface area contributed by atoms with Crippen molar-refractivity contribution >= 4 is 28.9 Å². The minimum Gasteiger partial charge on any atom is -0.497 e. The average Bonchev–Trinajstić information content (AvgIpc) is 2.55. The molecule has 2 rings (SSSR count). The lowest BCUT2D eigenvalue weighted by atomic mass is 10.2. The van der Waals surface area contributed by atoms with Gasteiger partial charge < -0.3 is 14.8 Å². The molecule has 0 atom stereocenters. The first-order chi connectivity index (χ1) is 11.1. The Kier molecular flexibility index (Phi) is 5.94. The number of hydrogen-bond acceptors (Lipinski definition) is 4. The zero-order chi connectivity index (χ0) is 16.7. The van der Waals surface area contributed by atoms with Gasteiger partial charge in [0.15, 0.2) is 5.11 Å². The summed E-state index contributed by atoms with van der Waals surface area (Å²) in [6.45, 7) is 2.43. The topological polar surface area (TPSA) is 59.6 Å². The number of rotatable bonds is 5. The molecule has 2 aromatic rings. The quantitative estimate of drug-likeness (QED) is 0.824. The number of hydrogen-bond donors (Lipinski definition) is 2. The van der Waals surface area contributed by atoms with E-state index in [1.807, 2.05) is 25.1 Å². The minimum atomic E-state index is -0.299. The minimum absolute atomic E-state index is 0.213. The Morgan fingerprint density at radius 3 is 2.61 bits per heavy atom. The van der Waals surface area contributed by atoms with E-state index < -0.39 is 0 Å². The SMILES string of the molecule is CCOc1cccc(C(=O)NC(=S)Nc2cccc(OC)c2)c1. The molecule has 0 bridgehead atoms. The van der Waals surface area contributed by atoms with E-state index in [1.165, 1.54) is 0 Å². The molecule has 2 aromatic carbocycles. The van der Waals surface area contributed by atoms with Gasteiger partial charge in [0.25, 0.3) is 5.91 Å². The lowest BCUT2D eigenvalue weighted by Crippen LogP contribution is -2.34. The second-order valence-electron chi connectivity index (χ2n) is 4.60. The molecule has 0 heterocycles. The van der Waals surface area contributed by atoms with Crippen molar-refractivity contribution in [1.29, 1.82) is 0 Å². The molecule has 0 aliphatic rings. The fraction of sp³-hybridized carbons (Fsp3) is 0.176. The molecule has 0 saturated carbocycles. The average molecular weight is 330 g/mol. The maximum atomic E-state index is 12.2. The van der Waals surface area contributed by atoms with Crippen LogP contribution in [0.2, 0.25) is 0 Å². The van der Waals surface area contributed by atoms with Gasteiger partial charge in [-0.1, -0.05) is 12.1 Å². The van der Waals surface area contributed by atoms with Crippen molar-refractivity contribution in [3.63, 3.8) is 0 Å². The third-order valence-electron chi connectivity index (χ3n) is 2.96. The molecule has 5 nitrogen and oxygen atoms in total. The van der Waals surface area contributed by atoms with Crippen LogP contribution in [0.1, 0.15) is 17.3 Å². The molecule has 1 amide bonds. The van der Waals surface area contributed by atoms with Crippen LogP contribution in [0.4, 0.5) is 5.69 Å². The Morgan fingerprint density at radius 1 is 1.13 bits per heavy atom. The number of nitrogens with one attached hydrogen (secondary N) is 2. The van der Waals surface area contributed by atoms with Gasteiger partial charge >= 0.3 is 0 Å². The van der Waals surface area contributed by atoms with Crippen molar-refractivity contribution in [2.45, 2.75) is 6.92 Å². The van der Waals surface area contributed by atoms with Crippen molar-refractivity contribution in [2.75, 3.05) is 19.0 Å². The largest absolute Gasteiger partial charge is 0.497 e. The summed E-state index contributed by atoms with van der Waals surface area (Å²) in [6.07, 6.45) is 0. The Hall–Kier alpha value is -2.60. The van der Waals surface area contributed by atoms with Crippen molar-refractivity contribution < 1.29 is 14.3 Å². The molecule has 0 radical (unpaired) electrons. The summed E-state index contributed by atoms with van der Waals surface area (Å²) in [7, 11) is 1.59. The fourth-order valence-electron chi connectivity index (χ4n) is 1.93.